The number of carbonyl (C=O) groups is 4. The summed E-state index contributed by atoms with van der Waals surface area (Å²) in [5.41, 5.74) is 7.65. The van der Waals surface area contributed by atoms with E-state index in [2.05, 4.69) is 51.3 Å². The smallest absolute Gasteiger partial charge is 0.325 e. The topological polar surface area (TPSA) is 304 Å². The first-order valence-electron chi connectivity index (χ1n) is 33.6. The highest BCUT2D eigenvalue weighted by molar-refractivity contribution is 7.99. The molecule has 25 heteroatoms. The third-order valence-electron chi connectivity index (χ3n) is 18.4. The Morgan fingerprint density at radius 1 is 0.626 bits per heavy atom. The van der Waals surface area contributed by atoms with E-state index in [9.17, 15) is 29.4 Å². The predicted molar refractivity (Wildman–Crippen MR) is 342 cm³/mol. The van der Waals surface area contributed by atoms with Gasteiger partial charge in [0.15, 0.2) is 5.88 Å². The van der Waals surface area contributed by atoms with Gasteiger partial charge in [0.2, 0.25) is 17.7 Å². The quantitative estimate of drug-likeness (QED) is 0.0174. The van der Waals surface area contributed by atoms with Crippen LogP contribution in [0.4, 0.5) is 0 Å². The molecule has 0 aromatic carbocycles. The lowest BCUT2D eigenvalue weighted by Gasteiger charge is -2.58. The van der Waals surface area contributed by atoms with E-state index < -0.39 is 12.0 Å². The van der Waals surface area contributed by atoms with Crippen molar-refractivity contribution in [2.45, 2.75) is 142 Å². The number of carboxylic acid groups (broad SMARTS) is 1. The minimum absolute atomic E-state index is 0.00107. The Balaban J connectivity index is 0.684. The number of amides is 2. The Morgan fingerprint density at radius 3 is 1.63 bits per heavy atom. The number of allylic oxidation sites excluding steroid dienone is 1. The number of nitrogens with one attached hydrogen (secondary N) is 2. The maximum Gasteiger partial charge on any atom is 0.325 e. The number of fused-ring (bicyclic) bond motifs is 5. The first-order chi connectivity index (χ1) is 44.0. The number of ether oxygens (including phenoxy) is 13. The van der Waals surface area contributed by atoms with Crippen LogP contribution in [0.3, 0.4) is 0 Å². The van der Waals surface area contributed by atoms with E-state index in [0.29, 0.717) is 151 Å². The number of hydrogen-bond donors (Lipinski definition) is 6. The molecule has 3 saturated carbocycles. The Kier molecular flexibility index (Phi) is 38.5. The summed E-state index contributed by atoms with van der Waals surface area (Å²) in [7, 11) is 0. The van der Waals surface area contributed by atoms with Crippen LogP contribution in [0.2, 0.25) is 0 Å². The van der Waals surface area contributed by atoms with Crippen LogP contribution in [-0.4, -0.2) is 233 Å². The van der Waals surface area contributed by atoms with Crippen LogP contribution in [-0.2, 0) is 87.3 Å². The van der Waals surface area contributed by atoms with Crippen LogP contribution in [0.25, 0.3) is 0 Å². The molecular formula is C66H114N4O20S. The van der Waals surface area contributed by atoms with Crippen LogP contribution in [0.1, 0.15) is 118 Å². The van der Waals surface area contributed by atoms with Crippen LogP contribution in [0.15, 0.2) is 22.6 Å². The number of hydrogen-bond acceptors (Lipinski definition) is 21. The molecule has 4 aliphatic rings. The second kappa shape index (κ2) is 44.9. The van der Waals surface area contributed by atoms with Gasteiger partial charge in [0.05, 0.1) is 163 Å². The molecule has 3 fully saturated rings. The number of esters is 1. The standard InChI is InChI=1S/C66H114N4O20S/c1-49(2)7-6-8-50(3)54-11-12-55-53-10-9-51-45-52(13-17-65(51,4)56(53)14-18-66(54,55)5)90-62(74)47-69-60(72)16-21-78-23-25-80-27-29-82-31-33-84-35-37-86-39-41-88-43-44-89-42-40-87-38-36-85-34-32-83-30-28-81-26-24-79-22-19-68-59(71)15-20-70-61(73)46-58(63(70)75)91-48-57(67)64(76)77/h9,46,49-50,52-57,73,75H,6-8,10-45,47-48,67H2,1-5H3,(H,68,71)(H,69,72)(H,76,77)/t50-,52?,53?,54-,55?,56?,57+,65+,66-/m1/s1. The second-order valence-corrected chi connectivity index (χ2v) is 26.3. The molecule has 0 aliphatic heterocycles. The summed E-state index contributed by atoms with van der Waals surface area (Å²) in [6, 6.07) is 0.179. The Bertz CT molecular complexity index is 2230. The van der Waals surface area contributed by atoms with Crippen LogP contribution >= 0.6 is 11.8 Å². The number of nitrogens with zero attached hydrogens (tertiary/aromatic N) is 1. The van der Waals surface area contributed by atoms with Gasteiger partial charge >= 0.3 is 11.9 Å². The normalized spacial score (nSPS) is 22.7. The number of aliphatic carboxylic acids is 1. The zero-order valence-electron chi connectivity index (χ0n) is 55.5. The van der Waals surface area contributed by atoms with Crippen molar-refractivity contribution >= 4 is 35.5 Å². The number of nitrogens with two attached hydrogens (primary N) is 1. The highest BCUT2D eigenvalue weighted by Gasteiger charge is 2.59. The van der Waals surface area contributed by atoms with Crippen molar-refractivity contribution in [3.63, 3.8) is 0 Å². The molecule has 91 heavy (non-hydrogen) atoms. The fraction of sp³-hybridized carbons (Fsp3) is 0.848. The van der Waals surface area contributed by atoms with Crippen LogP contribution < -0.4 is 16.4 Å². The van der Waals surface area contributed by atoms with Gasteiger partial charge in [0, 0.05) is 44.2 Å². The Labute approximate surface area is 545 Å². The highest BCUT2D eigenvalue weighted by Crippen LogP contribution is 2.67. The second-order valence-electron chi connectivity index (χ2n) is 25.2. The van der Waals surface area contributed by atoms with Crippen molar-refractivity contribution in [3.05, 3.63) is 17.7 Å². The van der Waals surface area contributed by atoms with E-state index in [1.165, 1.54) is 63.0 Å². The van der Waals surface area contributed by atoms with E-state index in [1.54, 1.807) is 0 Å². The largest absolute Gasteiger partial charge is 0.494 e. The molecule has 0 spiro atoms. The van der Waals surface area contributed by atoms with Crippen molar-refractivity contribution in [3.8, 4) is 11.8 Å². The zero-order chi connectivity index (χ0) is 65.5. The molecule has 5 rings (SSSR count). The van der Waals surface area contributed by atoms with Gasteiger partial charge < -0.3 is 93.3 Å². The lowest BCUT2D eigenvalue weighted by atomic mass is 9.47. The lowest BCUT2D eigenvalue weighted by molar-refractivity contribution is -0.151. The minimum Gasteiger partial charge on any atom is -0.494 e. The first-order valence-corrected chi connectivity index (χ1v) is 34.6. The van der Waals surface area contributed by atoms with E-state index in [0.717, 1.165) is 71.1 Å². The third-order valence-corrected chi connectivity index (χ3v) is 19.6. The fourth-order valence-electron chi connectivity index (χ4n) is 13.6. The van der Waals surface area contributed by atoms with Gasteiger partial charge in [-0.2, -0.15) is 0 Å². The molecule has 2 amide bonds. The molecule has 1 aromatic rings. The number of carbonyl (C=O) groups excluding carboxylic acids is 3. The molecule has 7 N–H and O–H groups in total. The minimum atomic E-state index is -1.17. The van der Waals surface area contributed by atoms with Gasteiger partial charge in [-0.25, -0.2) is 0 Å². The maximum atomic E-state index is 12.8. The molecule has 1 aromatic heterocycles. The van der Waals surface area contributed by atoms with Gasteiger partial charge in [-0.15, -0.1) is 11.8 Å². The summed E-state index contributed by atoms with van der Waals surface area (Å²) in [5.74, 6) is 2.20. The predicted octanol–water partition coefficient (Wildman–Crippen LogP) is 6.57. The summed E-state index contributed by atoms with van der Waals surface area (Å²) in [5, 5.41) is 34.8. The lowest BCUT2D eigenvalue weighted by Crippen LogP contribution is -2.51. The molecular weight excluding hydrogens is 1200 g/mol. The fourth-order valence-corrected chi connectivity index (χ4v) is 14.5. The maximum absolute atomic E-state index is 12.8. The number of rotatable bonds is 54. The summed E-state index contributed by atoms with van der Waals surface area (Å²) >= 11 is 0.998. The Morgan fingerprint density at radius 2 is 1.12 bits per heavy atom. The third kappa shape index (κ3) is 29.1. The number of aromatic hydroxyl groups is 2. The van der Waals surface area contributed by atoms with Gasteiger partial charge in [-0.1, -0.05) is 65.5 Å². The van der Waals surface area contributed by atoms with Gasteiger partial charge in [-0.3, -0.25) is 23.7 Å². The van der Waals surface area contributed by atoms with E-state index >= 15 is 0 Å². The van der Waals surface area contributed by atoms with E-state index in [4.69, 9.17) is 72.4 Å². The van der Waals surface area contributed by atoms with Crippen molar-refractivity contribution in [1.29, 1.82) is 0 Å². The summed E-state index contributed by atoms with van der Waals surface area (Å²) in [6.07, 6.45) is 16.0. The number of aromatic nitrogens is 1. The number of thioether (sulfide) groups is 1. The summed E-state index contributed by atoms with van der Waals surface area (Å²) in [6.45, 7) is 22.4. The number of carboxylic acids is 1. The molecule has 0 radical (unpaired) electrons. The molecule has 4 unspecified atom stereocenters. The molecule has 524 valence electrons. The molecule has 0 bridgehead atoms. The molecule has 0 saturated heterocycles. The zero-order valence-corrected chi connectivity index (χ0v) is 56.3. The average molecular weight is 1320 g/mol. The highest BCUT2D eigenvalue weighted by atomic mass is 32.2. The van der Waals surface area contributed by atoms with Crippen molar-refractivity contribution in [2.75, 3.05) is 177 Å². The molecule has 24 nitrogen and oxygen atoms in total. The van der Waals surface area contributed by atoms with Gasteiger partial charge in [-0.05, 0) is 91.3 Å². The van der Waals surface area contributed by atoms with Gasteiger partial charge in [0.25, 0.3) is 0 Å². The monoisotopic (exact) mass is 1310 g/mol. The van der Waals surface area contributed by atoms with Crippen molar-refractivity contribution in [1.82, 2.24) is 15.2 Å². The SMILES string of the molecule is CC(C)CCC[C@@H](C)[C@H]1CCC2C3CC=C4CC(OC(=O)CNC(=O)CCOCCOCCOCCOCCOCCOCCOCCOCCOCCOCCOCCOCCNC(=O)CCn5c(O)cc(SC[C@H](N)C(=O)O)c5O)CC[C@]4(C)C3CC[C@@]21C. The molecule has 9 atom stereocenters. The van der Waals surface area contributed by atoms with Crippen LogP contribution in [0, 0.1) is 46.3 Å². The van der Waals surface area contributed by atoms with E-state index in [-0.39, 0.29) is 97.4 Å². The molecule has 4 aliphatic carbocycles. The Hall–Kier alpha value is -3.67. The summed E-state index contributed by atoms with van der Waals surface area (Å²) < 4.78 is 73.4. The summed E-state index contributed by atoms with van der Waals surface area (Å²) in [4.78, 5) is 48.7. The van der Waals surface area contributed by atoms with Crippen molar-refractivity contribution < 1.29 is 96.1 Å². The van der Waals surface area contributed by atoms with E-state index in [1.807, 2.05) is 0 Å². The van der Waals surface area contributed by atoms with Gasteiger partial charge in [0.1, 0.15) is 18.7 Å². The molecule has 1 heterocycles. The van der Waals surface area contributed by atoms with Crippen LogP contribution in [0.5, 0.6) is 11.8 Å². The average Bonchev–Trinajstić information content (AvgIpc) is 1.70. The van der Waals surface area contributed by atoms with Crippen molar-refractivity contribution in [2.24, 2.45) is 52.1 Å². The first kappa shape index (κ1) is 78.0.